The van der Waals surface area contributed by atoms with E-state index >= 15 is 0 Å². The highest BCUT2D eigenvalue weighted by Gasteiger charge is 2.49. The number of benzene rings is 3. The molecule has 0 saturated carbocycles. The van der Waals surface area contributed by atoms with Gasteiger partial charge in [-0.2, -0.15) is 0 Å². The van der Waals surface area contributed by atoms with Crippen molar-refractivity contribution in [1.29, 1.82) is 0 Å². The number of halogens is 1. The smallest absolute Gasteiger partial charge is 0.180 e. The maximum atomic E-state index is 14.1. The second-order valence-corrected chi connectivity index (χ2v) is 14.5. The lowest BCUT2D eigenvalue weighted by atomic mass is 9.63. The van der Waals surface area contributed by atoms with E-state index in [0.717, 1.165) is 46.1 Å². The topological polar surface area (TPSA) is 65.1 Å². The summed E-state index contributed by atoms with van der Waals surface area (Å²) < 4.78 is 17.7. The van der Waals surface area contributed by atoms with Crippen LogP contribution in [0, 0.1) is 10.8 Å². The number of ketones is 2. The zero-order valence-corrected chi connectivity index (χ0v) is 27.8. The molecule has 0 amide bonds. The molecule has 45 heavy (non-hydrogen) atoms. The van der Waals surface area contributed by atoms with Crippen molar-refractivity contribution in [2.45, 2.75) is 65.9 Å². The molecule has 236 valence electrons. The van der Waals surface area contributed by atoms with Crippen LogP contribution in [0.5, 0.6) is 11.5 Å². The third-order valence-corrected chi connectivity index (χ3v) is 9.66. The fourth-order valence-corrected chi connectivity index (χ4v) is 7.72. The Balaban J connectivity index is 1.47. The van der Waals surface area contributed by atoms with Crippen LogP contribution in [0.25, 0.3) is 10.8 Å². The van der Waals surface area contributed by atoms with Gasteiger partial charge in [-0.25, -0.2) is 0 Å². The zero-order chi connectivity index (χ0) is 32.1. The predicted octanol–water partition coefficient (Wildman–Crippen LogP) is 8.41. The Hall–Kier alpha value is -3.61. The normalized spacial score (nSPS) is 19.6. The lowest BCUT2D eigenvalue weighted by Gasteiger charge is -2.49. The molecule has 0 saturated heterocycles. The van der Waals surface area contributed by atoms with Gasteiger partial charge in [-0.3, -0.25) is 9.59 Å². The molecule has 1 heterocycles. The van der Waals surface area contributed by atoms with E-state index in [2.05, 4.69) is 50.8 Å². The van der Waals surface area contributed by atoms with Crippen molar-refractivity contribution in [1.82, 2.24) is 4.90 Å². The summed E-state index contributed by atoms with van der Waals surface area (Å²) in [5.74, 6) is 0.521. The Morgan fingerprint density at radius 3 is 2.09 bits per heavy atom. The first kappa shape index (κ1) is 31.4. The maximum Gasteiger partial charge on any atom is 0.180 e. The second-order valence-electron chi connectivity index (χ2n) is 14.1. The Morgan fingerprint density at radius 2 is 1.47 bits per heavy atom. The van der Waals surface area contributed by atoms with E-state index in [-0.39, 0.29) is 22.4 Å². The van der Waals surface area contributed by atoms with Gasteiger partial charge in [0.15, 0.2) is 23.1 Å². The predicted molar refractivity (Wildman–Crippen MR) is 178 cm³/mol. The van der Waals surface area contributed by atoms with Crippen molar-refractivity contribution < 1.29 is 23.8 Å². The van der Waals surface area contributed by atoms with Gasteiger partial charge in [0.05, 0.1) is 18.7 Å². The molecule has 3 aliphatic rings. The Kier molecular flexibility index (Phi) is 8.34. The minimum Gasteiger partial charge on any atom is -0.493 e. The van der Waals surface area contributed by atoms with Crippen LogP contribution < -0.4 is 9.47 Å². The van der Waals surface area contributed by atoms with Crippen molar-refractivity contribution in [3.8, 4) is 11.5 Å². The van der Waals surface area contributed by atoms with Crippen LogP contribution in [0.2, 0.25) is 5.02 Å². The first-order valence-corrected chi connectivity index (χ1v) is 16.1. The Labute approximate surface area is 271 Å². The van der Waals surface area contributed by atoms with Crippen LogP contribution in [-0.4, -0.2) is 43.8 Å². The largest absolute Gasteiger partial charge is 0.493 e. The van der Waals surface area contributed by atoms with Crippen molar-refractivity contribution in [3.05, 3.63) is 93.3 Å². The summed E-state index contributed by atoms with van der Waals surface area (Å²) in [4.78, 5) is 30.4. The zero-order valence-electron chi connectivity index (χ0n) is 27.1. The standard InChI is InChI=1S/C38H42ClNO5/c1-37(2)18-28-34(30(41)20-37)33(35-29(40(28)14-15-43-5)19-38(3,4)21-31(35)42)25-16-27(39)36(32(17-25)44-6)45-22-24-12-9-11-23-10-7-8-13-26(23)24/h7-13,16-17,33H,14-15,18-22H2,1-6H3. The third kappa shape index (κ3) is 5.91. The van der Waals surface area contributed by atoms with Crippen LogP contribution >= 0.6 is 11.6 Å². The molecular weight excluding hydrogens is 586 g/mol. The van der Waals surface area contributed by atoms with E-state index in [0.29, 0.717) is 60.3 Å². The molecule has 0 spiro atoms. The number of Topliss-reactive ketones (excluding diaryl/α,β-unsaturated/α-hetero) is 2. The van der Waals surface area contributed by atoms with E-state index in [1.54, 1.807) is 14.2 Å². The average Bonchev–Trinajstić information content (AvgIpc) is 2.97. The van der Waals surface area contributed by atoms with Gasteiger partial charge in [-0.05, 0) is 57.7 Å². The van der Waals surface area contributed by atoms with Crippen LogP contribution in [-0.2, 0) is 20.9 Å². The van der Waals surface area contributed by atoms with Gasteiger partial charge in [0.2, 0.25) is 0 Å². The van der Waals surface area contributed by atoms with E-state index in [4.69, 9.17) is 25.8 Å². The molecule has 0 radical (unpaired) electrons. The number of nitrogens with zero attached hydrogens (tertiary/aromatic N) is 1. The molecule has 6 nitrogen and oxygen atoms in total. The highest BCUT2D eigenvalue weighted by atomic mass is 35.5. The molecule has 3 aromatic rings. The number of ether oxygens (including phenoxy) is 3. The van der Waals surface area contributed by atoms with Gasteiger partial charge in [0, 0.05) is 55.0 Å². The van der Waals surface area contributed by atoms with Crippen LogP contribution in [0.3, 0.4) is 0 Å². The lowest BCUT2D eigenvalue weighted by molar-refractivity contribution is -0.119. The molecule has 0 N–H and O–H groups in total. The average molecular weight is 628 g/mol. The van der Waals surface area contributed by atoms with Gasteiger partial charge in [0.25, 0.3) is 0 Å². The SMILES string of the molecule is COCCN1C2=C(C(=O)CC(C)(C)C2)C(c2cc(Cl)c(OCc3cccc4ccccc34)c(OC)c2)C2=C1CC(C)(C)CC2=O. The van der Waals surface area contributed by atoms with Crippen LogP contribution in [0.1, 0.15) is 70.4 Å². The molecule has 7 heteroatoms. The first-order chi connectivity index (χ1) is 21.4. The summed E-state index contributed by atoms with van der Waals surface area (Å²) in [6, 6.07) is 18.1. The number of carbonyl (C=O) groups excluding carboxylic acids is 2. The monoisotopic (exact) mass is 627 g/mol. The molecule has 0 bridgehead atoms. The Bertz CT molecular complexity index is 1690. The molecular formula is C38H42ClNO5. The quantitative estimate of drug-likeness (QED) is 0.250. The van der Waals surface area contributed by atoms with Gasteiger partial charge in [-0.1, -0.05) is 81.8 Å². The van der Waals surface area contributed by atoms with E-state index in [1.807, 2.05) is 36.4 Å². The van der Waals surface area contributed by atoms with Gasteiger partial charge >= 0.3 is 0 Å². The maximum absolute atomic E-state index is 14.1. The van der Waals surface area contributed by atoms with Gasteiger partial charge < -0.3 is 19.1 Å². The summed E-state index contributed by atoms with van der Waals surface area (Å²) in [6.07, 6.45) is 2.30. The number of methoxy groups -OCH3 is 2. The minimum absolute atomic E-state index is 0.0734. The second kappa shape index (κ2) is 12.0. The van der Waals surface area contributed by atoms with Crippen LogP contribution in [0.15, 0.2) is 77.1 Å². The molecule has 0 atom stereocenters. The van der Waals surface area contributed by atoms with Crippen molar-refractivity contribution in [3.63, 3.8) is 0 Å². The van der Waals surface area contributed by atoms with E-state index in [9.17, 15) is 9.59 Å². The first-order valence-electron chi connectivity index (χ1n) is 15.7. The summed E-state index contributed by atoms with van der Waals surface area (Å²) in [5, 5.41) is 2.63. The molecule has 0 unspecified atom stereocenters. The van der Waals surface area contributed by atoms with Crippen molar-refractivity contribution in [2.75, 3.05) is 27.4 Å². The Morgan fingerprint density at radius 1 is 0.844 bits per heavy atom. The summed E-state index contributed by atoms with van der Waals surface area (Å²) in [7, 11) is 3.27. The van der Waals surface area contributed by atoms with E-state index in [1.165, 1.54) is 0 Å². The molecule has 0 fully saturated rings. The van der Waals surface area contributed by atoms with Crippen molar-refractivity contribution >= 4 is 33.9 Å². The van der Waals surface area contributed by atoms with Crippen molar-refractivity contribution in [2.24, 2.45) is 10.8 Å². The number of rotatable bonds is 8. The van der Waals surface area contributed by atoms with Gasteiger partial charge in [0.1, 0.15) is 6.61 Å². The number of carbonyl (C=O) groups is 2. The lowest BCUT2D eigenvalue weighted by Crippen LogP contribution is -2.45. The summed E-state index contributed by atoms with van der Waals surface area (Å²) >= 11 is 6.99. The van der Waals surface area contributed by atoms with Gasteiger partial charge in [-0.15, -0.1) is 0 Å². The molecule has 0 aromatic heterocycles. The molecule has 2 aliphatic carbocycles. The molecule has 3 aromatic carbocycles. The minimum atomic E-state index is -0.528. The number of hydrogen-bond donors (Lipinski definition) is 0. The summed E-state index contributed by atoms with van der Waals surface area (Å²) in [5.41, 5.74) is 4.78. The highest BCUT2D eigenvalue weighted by molar-refractivity contribution is 6.32. The third-order valence-electron chi connectivity index (χ3n) is 9.38. The molecule has 6 rings (SSSR count). The fourth-order valence-electron chi connectivity index (χ4n) is 7.45. The van der Waals surface area contributed by atoms with Crippen LogP contribution in [0.4, 0.5) is 0 Å². The van der Waals surface area contributed by atoms with E-state index < -0.39 is 5.92 Å². The highest BCUT2D eigenvalue weighted by Crippen LogP contribution is 2.55. The fraction of sp³-hybridized carbons (Fsp3) is 0.421. The summed E-state index contributed by atoms with van der Waals surface area (Å²) in [6.45, 7) is 9.93. The number of hydrogen-bond acceptors (Lipinski definition) is 6. The number of allylic oxidation sites excluding steroid dienone is 4. The number of fused-ring (bicyclic) bond motifs is 1. The molecule has 1 aliphatic heterocycles.